The molecule has 8 heteroatoms. The van der Waals surface area contributed by atoms with Crippen molar-refractivity contribution in [3.63, 3.8) is 0 Å². The van der Waals surface area contributed by atoms with E-state index < -0.39 is 11.3 Å². The van der Waals surface area contributed by atoms with Crippen LogP contribution in [0.3, 0.4) is 0 Å². The highest BCUT2D eigenvalue weighted by Gasteiger charge is 2.15. The number of amides is 2. The Hall–Kier alpha value is -3.96. The van der Waals surface area contributed by atoms with Gasteiger partial charge in [-0.1, -0.05) is 29.4 Å². The van der Waals surface area contributed by atoms with Crippen LogP contribution >= 0.6 is 11.3 Å². The average molecular weight is 417 g/mol. The lowest BCUT2D eigenvalue weighted by Crippen LogP contribution is -2.19. The molecule has 4 rings (SSSR count). The molecule has 0 spiro atoms. The van der Waals surface area contributed by atoms with Crippen molar-refractivity contribution in [2.45, 2.75) is 13.5 Å². The maximum absolute atomic E-state index is 12.8. The molecule has 0 aliphatic rings. The van der Waals surface area contributed by atoms with Crippen LogP contribution in [0.15, 0.2) is 62.9 Å². The van der Waals surface area contributed by atoms with E-state index in [9.17, 15) is 14.4 Å². The van der Waals surface area contributed by atoms with E-state index in [-0.39, 0.29) is 18.0 Å². The molecule has 2 heterocycles. The maximum atomic E-state index is 12.8. The number of thiazole rings is 1. The molecule has 0 aliphatic carbocycles. The van der Waals surface area contributed by atoms with Crippen LogP contribution in [0.5, 0.6) is 0 Å². The summed E-state index contributed by atoms with van der Waals surface area (Å²) in [6.07, 6.45) is 6.62. The van der Waals surface area contributed by atoms with Crippen molar-refractivity contribution in [3.8, 4) is 12.3 Å². The first-order valence-corrected chi connectivity index (χ1v) is 9.73. The summed E-state index contributed by atoms with van der Waals surface area (Å²) in [6, 6.07) is 12.0. The highest BCUT2D eigenvalue weighted by molar-refractivity contribution is 7.16. The van der Waals surface area contributed by atoms with Gasteiger partial charge in [-0.2, -0.15) is 4.99 Å². The molecule has 0 aliphatic heterocycles. The summed E-state index contributed by atoms with van der Waals surface area (Å²) in [7, 11) is 0. The van der Waals surface area contributed by atoms with Crippen LogP contribution < -0.4 is 15.5 Å². The minimum Gasteiger partial charge on any atom is -0.463 e. The summed E-state index contributed by atoms with van der Waals surface area (Å²) in [5.74, 6) is 1.64. The molecule has 148 valence electrons. The lowest BCUT2D eigenvalue weighted by atomic mass is 10.2. The molecule has 0 saturated heterocycles. The van der Waals surface area contributed by atoms with E-state index in [0.29, 0.717) is 21.5 Å². The fourth-order valence-electron chi connectivity index (χ4n) is 3.06. The number of nitrogens with zero attached hydrogens (tertiary/aromatic N) is 2. The smallest absolute Gasteiger partial charge is 0.286 e. The van der Waals surface area contributed by atoms with E-state index in [1.807, 2.05) is 0 Å². The molecule has 0 radical (unpaired) electrons. The molecule has 30 heavy (non-hydrogen) atoms. The predicted octanol–water partition coefficient (Wildman–Crippen LogP) is 3.14. The molecule has 4 aromatic rings. The fraction of sp³-hybridized carbons (Fsp3) is 0.0909. The molecule has 2 amide bonds. The first-order valence-electron chi connectivity index (χ1n) is 8.92. The van der Waals surface area contributed by atoms with Crippen LogP contribution in [0.4, 0.5) is 5.69 Å². The van der Waals surface area contributed by atoms with E-state index in [4.69, 9.17) is 10.8 Å². The van der Waals surface area contributed by atoms with Gasteiger partial charge < -0.3 is 14.3 Å². The van der Waals surface area contributed by atoms with Crippen LogP contribution in [0, 0.1) is 12.3 Å². The van der Waals surface area contributed by atoms with E-state index in [1.54, 1.807) is 47.0 Å². The zero-order valence-corrected chi connectivity index (χ0v) is 16.7. The molecular weight excluding hydrogens is 402 g/mol. The summed E-state index contributed by atoms with van der Waals surface area (Å²) in [4.78, 5) is 41.3. The van der Waals surface area contributed by atoms with Crippen LogP contribution in [0.2, 0.25) is 0 Å². The third kappa shape index (κ3) is 3.54. The Bertz CT molecular complexity index is 1480. The van der Waals surface area contributed by atoms with Gasteiger partial charge >= 0.3 is 0 Å². The van der Waals surface area contributed by atoms with Crippen LogP contribution in [0.1, 0.15) is 17.3 Å². The lowest BCUT2D eigenvalue weighted by molar-refractivity contribution is -0.114. The number of terminal acetylenes is 1. The second-order valence-corrected chi connectivity index (χ2v) is 7.44. The van der Waals surface area contributed by atoms with Gasteiger partial charge in [-0.3, -0.25) is 14.4 Å². The third-order valence-corrected chi connectivity index (χ3v) is 5.40. The summed E-state index contributed by atoms with van der Waals surface area (Å²) < 4.78 is 7.91. The first kappa shape index (κ1) is 19.4. The average Bonchev–Trinajstić information content (AvgIpc) is 3.04. The van der Waals surface area contributed by atoms with E-state index in [0.717, 1.165) is 16.5 Å². The monoisotopic (exact) mass is 417 g/mol. The topological polar surface area (TPSA) is 93.7 Å². The number of carbonyl (C=O) groups is 2. The van der Waals surface area contributed by atoms with Crippen molar-refractivity contribution in [2.75, 3.05) is 5.32 Å². The number of rotatable bonds is 3. The van der Waals surface area contributed by atoms with Crippen molar-refractivity contribution >= 4 is 50.0 Å². The molecule has 0 bridgehead atoms. The number of anilines is 1. The van der Waals surface area contributed by atoms with Crippen LogP contribution in [-0.2, 0) is 11.3 Å². The van der Waals surface area contributed by atoms with Gasteiger partial charge in [0.1, 0.15) is 17.4 Å². The highest BCUT2D eigenvalue weighted by Crippen LogP contribution is 2.22. The molecular formula is C22H15N3O4S. The fourth-order valence-corrected chi connectivity index (χ4v) is 4.12. The number of para-hydroxylation sites is 1. The van der Waals surface area contributed by atoms with Crippen molar-refractivity contribution in [3.05, 3.63) is 69.3 Å². The first-order chi connectivity index (χ1) is 14.5. The Morgan fingerprint density at radius 1 is 1.27 bits per heavy atom. The Labute approximate surface area is 174 Å². The van der Waals surface area contributed by atoms with Gasteiger partial charge in [0.2, 0.25) is 11.3 Å². The van der Waals surface area contributed by atoms with Gasteiger partial charge in [0, 0.05) is 12.6 Å². The number of hydrogen-bond acceptors (Lipinski definition) is 5. The Kier molecular flexibility index (Phi) is 5.04. The molecule has 0 atom stereocenters. The highest BCUT2D eigenvalue weighted by atomic mass is 32.1. The van der Waals surface area contributed by atoms with Crippen molar-refractivity contribution in [2.24, 2.45) is 4.99 Å². The normalized spacial score (nSPS) is 11.5. The Morgan fingerprint density at radius 3 is 2.83 bits per heavy atom. The second kappa shape index (κ2) is 7.81. The summed E-state index contributed by atoms with van der Waals surface area (Å²) in [5.41, 5.74) is 1.19. The number of nitrogens with one attached hydrogen (secondary N) is 1. The SMILES string of the molecule is C#CCn1c(=NC(=O)c2coc3ccccc3c2=O)sc2cc(NC(C)=O)ccc21. The zero-order chi connectivity index (χ0) is 21.3. The predicted molar refractivity (Wildman–Crippen MR) is 115 cm³/mol. The Morgan fingerprint density at radius 2 is 2.07 bits per heavy atom. The number of fused-ring (bicyclic) bond motifs is 2. The van der Waals surface area contributed by atoms with Crippen molar-refractivity contribution in [1.82, 2.24) is 4.57 Å². The van der Waals surface area contributed by atoms with Crippen molar-refractivity contribution in [1.29, 1.82) is 0 Å². The van der Waals surface area contributed by atoms with Gasteiger partial charge in [-0.05, 0) is 30.3 Å². The van der Waals surface area contributed by atoms with Gasteiger partial charge in [-0.15, -0.1) is 6.42 Å². The number of benzene rings is 2. The maximum Gasteiger partial charge on any atom is 0.286 e. The van der Waals surface area contributed by atoms with E-state index >= 15 is 0 Å². The zero-order valence-electron chi connectivity index (χ0n) is 15.8. The lowest BCUT2D eigenvalue weighted by Gasteiger charge is -2.03. The second-order valence-electron chi connectivity index (χ2n) is 6.43. The van der Waals surface area contributed by atoms with Gasteiger partial charge in [0.05, 0.1) is 22.1 Å². The number of carbonyl (C=O) groups excluding carboxylic acids is 2. The minimum atomic E-state index is -0.714. The van der Waals surface area contributed by atoms with Gasteiger partial charge in [-0.25, -0.2) is 0 Å². The summed E-state index contributed by atoms with van der Waals surface area (Å²) >= 11 is 1.23. The standard InChI is InChI=1S/C22H15N3O4S/c1-3-10-25-17-9-8-14(23-13(2)26)11-19(17)30-22(25)24-21(28)16-12-29-18-7-5-4-6-15(18)20(16)27/h1,4-9,11-12H,10H2,2H3,(H,23,26). The third-order valence-electron chi connectivity index (χ3n) is 4.36. The largest absolute Gasteiger partial charge is 0.463 e. The van der Waals surface area contributed by atoms with Gasteiger partial charge in [0.25, 0.3) is 5.91 Å². The van der Waals surface area contributed by atoms with Crippen LogP contribution in [-0.4, -0.2) is 16.4 Å². The number of aromatic nitrogens is 1. The van der Waals surface area contributed by atoms with E-state index in [1.165, 1.54) is 18.3 Å². The number of hydrogen-bond donors (Lipinski definition) is 1. The molecule has 1 N–H and O–H groups in total. The van der Waals surface area contributed by atoms with E-state index in [2.05, 4.69) is 16.2 Å². The molecule has 0 fully saturated rings. The quantitative estimate of drug-likeness (QED) is 0.518. The molecule has 2 aromatic carbocycles. The molecule has 0 unspecified atom stereocenters. The molecule has 2 aromatic heterocycles. The van der Waals surface area contributed by atoms with Crippen LogP contribution in [0.25, 0.3) is 21.2 Å². The summed E-state index contributed by atoms with van der Waals surface area (Å²) in [6.45, 7) is 1.61. The molecule has 7 nitrogen and oxygen atoms in total. The van der Waals surface area contributed by atoms with Gasteiger partial charge in [0.15, 0.2) is 4.80 Å². The molecule has 0 saturated carbocycles. The minimum absolute atomic E-state index is 0.155. The summed E-state index contributed by atoms with van der Waals surface area (Å²) in [5, 5.41) is 3.03. The van der Waals surface area contributed by atoms with Crippen molar-refractivity contribution < 1.29 is 14.0 Å². The Balaban J connectivity index is 1.85.